The minimum absolute atomic E-state index is 0.0302. The highest BCUT2D eigenvalue weighted by Crippen LogP contribution is 2.53. The first-order valence-electron chi connectivity index (χ1n) is 10.4. The topological polar surface area (TPSA) is 68.2 Å². The fraction of sp³-hybridized carbons (Fsp3) is 0.800. The third-order valence-electron chi connectivity index (χ3n) is 6.73. The number of ether oxygens (including phenoxy) is 1. The standard InChI is InChI=1S/C20H32N4O2/c1-2-26-18-13-17(20(18)9-4-3-5-10-20)22-19(25)16-8-12-24(23-16)15-7-6-11-21-14-15/h8,12,15,17-18,21H,2-7,9-11,13-14H2,1H3,(H,22,25). The van der Waals surface area contributed by atoms with Gasteiger partial charge < -0.3 is 15.4 Å². The van der Waals surface area contributed by atoms with E-state index in [4.69, 9.17) is 4.74 Å². The van der Waals surface area contributed by atoms with Gasteiger partial charge >= 0.3 is 0 Å². The Bertz CT molecular complexity index is 617. The van der Waals surface area contributed by atoms with E-state index in [0.717, 1.165) is 39.0 Å². The molecular formula is C20H32N4O2. The summed E-state index contributed by atoms with van der Waals surface area (Å²) in [5, 5.41) is 11.3. The smallest absolute Gasteiger partial charge is 0.272 e. The number of carbonyl (C=O) groups is 1. The Morgan fingerprint density at radius 3 is 2.96 bits per heavy atom. The zero-order valence-electron chi connectivity index (χ0n) is 15.9. The van der Waals surface area contributed by atoms with E-state index >= 15 is 0 Å². The van der Waals surface area contributed by atoms with E-state index in [-0.39, 0.29) is 17.4 Å². The predicted octanol–water partition coefficient (Wildman–Crippen LogP) is 2.67. The molecular weight excluding hydrogens is 328 g/mol. The molecule has 1 aliphatic heterocycles. The second-order valence-corrected chi connectivity index (χ2v) is 8.18. The molecule has 6 nitrogen and oxygen atoms in total. The Balaban J connectivity index is 1.40. The maximum absolute atomic E-state index is 12.8. The van der Waals surface area contributed by atoms with Crippen LogP contribution in [0.4, 0.5) is 0 Å². The largest absolute Gasteiger partial charge is 0.378 e. The zero-order chi connectivity index (χ0) is 18.0. The van der Waals surface area contributed by atoms with Crippen molar-refractivity contribution in [2.45, 2.75) is 76.5 Å². The summed E-state index contributed by atoms with van der Waals surface area (Å²) in [5.74, 6) is -0.0302. The average Bonchev–Trinajstić information content (AvgIpc) is 3.19. The van der Waals surface area contributed by atoms with E-state index in [1.807, 2.05) is 16.9 Å². The van der Waals surface area contributed by atoms with Crippen LogP contribution in [-0.2, 0) is 4.74 Å². The van der Waals surface area contributed by atoms with Crippen molar-refractivity contribution in [2.24, 2.45) is 5.41 Å². The molecule has 144 valence electrons. The number of hydrogen-bond donors (Lipinski definition) is 2. The first kappa shape index (κ1) is 18.0. The van der Waals surface area contributed by atoms with Crippen molar-refractivity contribution in [1.82, 2.24) is 20.4 Å². The summed E-state index contributed by atoms with van der Waals surface area (Å²) in [6, 6.07) is 2.45. The molecule has 3 atom stereocenters. The Morgan fingerprint density at radius 2 is 2.23 bits per heavy atom. The molecule has 26 heavy (non-hydrogen) atoms. The summed E-state index contributed by atoms with van der Waals surface area (Å²) in [6.07, 6.45) is 11.6. The summed E-state index contributed by atoms with van der Waals surface area (Å²) in [4.78, 5) is 12.8. The average molecular weight is 361 g/mol. The minimum atomic E-state index is -0.0302. The van der Waals surface area contributed by atoms with Gasteiger partial charge in [0.25, 0.3) is 5.91 Å². The fourth-order valence-electron chi connectivity index (χ4n) is 5.22. The molecule has 0 bridgehead atoms. The molecule has 3 unspecified atom stereocenters. The molecule has 3 aliphatic rings. The van der Waals surface area contributed by atoms with Crippen LogP contribution in [0.5, 0.6) is 0 Å². The molecule has 2 N–H and O–H groups in total. The van der Waals surface area contributed by atoms with Gasteiger partial charge in [-0.15, -0.1) is 0 Å². The quantitative estimate of drug-likeness (QED) is 0.847. The molecule has 4 rings (SSSR count). The van der Waals surface area contributed by atoms with E-state index < -0.39 is 0 Å². The third-order valence-corrected chi connectivity index (χ3v) is 6.73. The molecule has 1 amide bonds. The van der Waals surface area contributed by atoms with Crippen LogP contribution in [0.15, 0.2) is 12.3 Å². The lowest BCUT2D eigenvalue weighted by molar-refractivity contribution is -0.146. The van der Waals surface area contributed by atoms with Gasteiger partial charge in [0.1, 0.15) is 5.69 Å². The molecule has 1 aromatic heterocycles. The van der Waals surface area contributed by atoms with Crippen LogP contribution in [0.25, 0.3) is 0 Å². The Hall–Kier alpha value is -1.40. The minimum Gasteiger partial charge on any atom is -0.378 e. The van der Waals surface area contributed by atoms with Crippen molar-refractivity contribution in [1.29, 1.82) is 0 Å². The Morgan fingerprint density at radius 1 is 1.38 bits per heavy atom. The van der Waals surface area contributed by atoms with Crippen molar-refractivity contribution in [3.8, 4) is 0 Å². The maximum atomic E-state index is 12.8. The lowest BCUT2D eigenvalue weighted by atomic mass is 9.55. The lowest BCUT2D eigenvalue weighted by Gasteiger charge is -2.57. The molecule has 0 aromatic carbocycles. The fourth-order valence-corrected chi connectivity index (χ4v) is 5.22. The number of nitrogens with one attached hydrogen (secondary N) is 2. The summed E-state index contributed by atoms with van der Waals surface area (Å²) in [5.41, 5.74) is 0.696. The van der Waals surface area contributed by atoms with Gasteiger partial charge in [-0.05, 0) is 51.6 Å². The molecule has 2 saturated carbocycles. The number of aromatic nitrogens is 2. The van der Waals surface area contributed by atoms with Crippen LogP contribution in [0.3, 0.4) is 0 Å². The summed E-state index contributed by atoms with van der Waals surface area (Å²) in [6.45, 7) is 4.84. The van der Waals surface area contributed by atoms with Crippen LogP contribution >= 0.6 is 0 Å². The van der Waals surface area contributed by atoms with Gasteiger partial charge in [0.05, 0.1) is 12.1 Å². The number of piperidine rings is 1. The summed E-state index contributed by atoms with van der Waals surface area (Å²) >= 11 is 0. The van der Waals surface area contributed by atoms with Crippen molar-refractivity contribution in [3.05, 3.63) is 18.0 Å². The second-order valence-electron chi connectivity index (χ2n) is 8.18. The number of hydrogen-bond acceptors (Lipinski definition) is 4. The molecule has 0 radical (unpaired) electrons. The number of rotatable bonds is 5. The molecule has 3 fully saturated rings. The lowest BCUT2D eigenvalue weighted by Crippen LogP contribution is -2.65. The van der Waals surface area contributed by atoms with Crippen molar-refractivity contribution in [3.63, 3.8) is 0 Å². The number of amides is 1. The molecule has 1 spiro atoms. The van der Waals surface area contributed by atoms with Gasteiger partial charge in [-0.3, -0.25) is 9.48 Å². The van der Waals surface area contributed by atoms with E-state index in [1.54, 1.807) is 0 Å². The number of carbonyl (C=O) groups excluding carboxylic acids is 1. The van der Waals surface area contributed by atoms with Crippen LogP contribution in [-0.4, -0.2) is 47.5 Å². The summed E-state index contributed by atoms with van der Waals surface area (Å²) < 4.78 is 7.95. The predicted molar refractivity (Wildman–Crippen MR) is 100 cm³/mol. The zero-order valence-corrected chi connectivity index (χ0v) is 15.9. The third kappa shape index (κ3) is 3.29. The van der Waals surface area contributed by atoms with E-state index in [2.05, 4.69) is 22.7 Å². The van der Waals surface area contributed by atoms with Crippen LogP contribution in [0.2, 0.25) is 0 Å². The Labute approximate surface area is 156 Å². The maximum Gasteiger partial charge on any atom is 0.272 e. The van der Waals surface area contributed by atoms with Crippen LogP contribution in [0.1, 0.15) is 74.8 Å². The van der Waals surface area contributed by atoms with Crippen LogP contribution in [0, 0.1) is 5.41 Å². The van der Waals surface area contributed by atoms with E-state index in [1.165, 1.54) is 32.1 Å². The molecule has 1 saturated heterocycles. The second kappa shape index (κ2) is 7.69. The first-order chi connectivity index (χ1) is 12.7. The molecule has 6 heteroatoms. The van der Waals surface area contributed by atoms with Crippen molar-refractivity contribution < 1.29 is 9.53 Å². The van der Waals surface area contributed by atoms with Crippen LogP contribution < -0.4 is 10.6 Å². The van der Waals surface area contributed by atoms with Gasteiger partial charge in [0.15, 0.2) is 0 Å². The van der Waals surface area contributed by atoms with Crippen molar-refractivity contribution >= 4 is 5.91 Å². The molecule has 2 aliphatic carbocycles. The first-order valence-corrected chi connectivity index (χ1v) is 10.4. The normalized spacial score (nSPS) is 30.7. The van der Waals surface area contributed by atoms with Gasteiger partial charge in [-0.1, -0.05) is 19.3 Å². The highest BCUT2D eigenvalue weighted by atomic mass is 16.5. The highest BCUT2D eigenvalue weighted by Gasteiger charge is 2.56. The summed E-state index contributed by atoms with van der Waals surface area (Å²) in [7, 11) is 0. The van der Waals surface area contributed by atoms with E-state index in [0.29, 0.717) is 17.8 Å². The van der Waals surface area contributed by atoms with Gasteiger partial charge in [-0.2, -0.15) is 5.10 Å². The number of nitrogens with zero attached hydrogens (tertiary/aromatic N) is 2. The monoisotopic (exact) mass is 360 g/mol. The molecule has 2 heterocycles. The van der Waals surface area contributed by atoms with Crippen molar-refractivity contribution in [2.75, 3.05) is 19.7 Å². The Kier molecular flexibility index (Phi) is 5.32. The SMILES string of the molecule is CCOC1CC(NC(=O)c2ccn(C3CCCNC3)n2)C12CCCCC2. The highest BCUT2D eigenvalue weighted by molar-refractivity contribution is 5.92. The van der Waals surface area contributed by atoms with Gasteiger partial charge in [0.2, 0.25) is 0 Å². The van der Waals surface area contributed by atoms with Gasteiger partial charge in [0, 0.05) is 30.8 Å². The molecule has 1 aromatic rings. The van der Waals surface area contributed by atoms with E-state index in [9.17, 15) is 4.79 Å². The van der Waals surface area contributed by atoms with Gasteiger partial charge in [-0.25, -0.2) is 0 Å².